The largest absolute Gasteiger partial charge is 0.467 e. The van der Waals surface area contributed by atoms with Crippen molar-refractivity contribution in [3.63, 3.8) is 0 Å². The van der Waals surface area contributed by atoms with Crippen molar-refractivity contribution in [2.24, 2.45) is 0 Å². The third-order valence-corrected chi connectivity index (χ3v) is 6.38. The number of rotatable bonds is 5. The number of ether oxygens (including phenoxy) is 1. The summed E-state index contributed by atoms with van der Waals surface area (Å²) < 4.78 is 10.9. The molecule has 162 valence electrons. The molecule has 1 aliphatic carbocycles. The molecule has 2 fully saturated rings. The lowest BCUT2D eigenvalue weighted by molar-refractivity contribution is 0.0713. The number of piperidine rings is 1. The van der Waals surface area contributed by atoms with E-state index in [1.807, 2.05) is 24.2 Å². The third kappa shape index (κ3) is 3.68. The van der Waals surface area contributed by atoms with E-state index >= 15 is 0 Å². The molecule has 2 aliphatic rings. The van der Waals surface area contributed by atoms with Crippen LogP contribution >= 0.6 is 0 Å². The zero-order valence-corrected chi connectivity index (χ0v) is 18.0. The van der Waals surface area contributed by atoms with E-state index < -0.39 is 0 Å². The van der Waals surface area contributed by atoms with E-state index in [4.69, 9.17) is 9.15 Å². The van der Waals surface area contributed by atoms with Crippen LogP contribution in [0.15, 0.2) is 23.1 Å². The fourth-order valence-corrected chi connectivity index (χ4v) is 4.21. The third-order valence-electron chi connectivity index (χ3n) is 6.38. The normalized spacial score (nSPS) is 18.2. The van der Waals surface area contributed by atoms with Gasteiger partial charge >= 0.3 is 6.01 Å². The maximum Gasteiger partial charge on any atom is 0.316 e. The number of nitrogens with one attached hydrogen (secondary N) is 1. The lowest BCUT2D eigenvalue weighted by atomic mass is 9.91. The summed E-state index contributed by atoms with van der Waals surface area (Å²) in [5.41, 5.74) is 2.13. The molecule has 0 aromatic carbocycles. The fourth-order valence-electron chi connectivity index (χ4n) is 4.21. The highest BCUT2D eigenvalue weighted by molar-refractivity contribution is 6.10. The molecule has 3 aromatic rings. The molecule has 0 radical (unpaired) electrons. The lowest BCUT2D eigenvalue weighted by Gasteiger charge is -2.32. The second-order valence-corrected chi connectivity index (χ2v) is 8.69. The number of amides is 1. The van der Waals surface area contributed by atoms with Crippen molar-refractivity contribution in [2.75, 3.05) is 25.5 Å². The minimum absolute atomic E-state index is 0.0283. The van der Waals surface area contributed by atoms with E-state index in [0.717, 1.165) is 31.2 Å². The van der Waals surface area contributed by atoms with Gasteiger partial charge in [-0.1, -0.05) is 0 Å². The first-order valence-electron chi connectivity index (χ1n) is 10.6. The van der Waals surface area contributed by atoms with E-state index in [-0.39, 0.29) is 11.4 Å². The highest BCUT2D eigenvalue weighted by Crippen LogP contribution is 2.40. The molecule has 4 heterocycles. The predicted octanol–water partition coefficient (Wildman–Crippen LogP) is 3.31. The molecular formula is C22H26N6O3. The summed E-state index contributed by atoms with van der Waals surface area (Å²) in [5.74, 6) is 1.55. The number of aryl methyl sites for hydroxylation is 1. The van der Waals surface area contributed by atoms with Gasteiger partial charge in [0.2, 0.25) is 5.71 Å². The summed E-state index contributed by atoms with van der Waals surface area (Å²) >= 11 is 0. The van der Waals surface area contributed by atoms with E-state index in [0.29, 0.717) is 53.3 Å². The van der Waals surface area contributed by atoms with Crippen LogP contribution in [0.3, 0.4) is 0 Å². The van der Waals surface area contributed by atoms with Crippen molar-refractivity contribution >= 4 is 22.8 Å². The topological polar surface area (TPSA) is 106 Å². The first kappa shape index (κ1) is 19.7. The molecule has 1 aliphatic heterocycles. The number of methoxy groups -OCH3 is 1. The van der Waals surface area contributed by atoms with E-state index in [1.165, 1.54) is 6.33 Å². The summed E-state index contributed by atoms with van der Waals surface area (Å²) in [7, 11) is 1.55. The predicted molar refractivity (Wildman–Crippen MR) is 114 cm³/mol. The number of fused-ring (bicyclic) bond motifs is 1. The number of nitrogens with zero attached hydrogens (tertiary/aromatic N) is 5. The highest BCUT2D eigenvalue weighted by Gasteiger charge is 2.39. The van der Waals surface area contributed by atoms with Gasteiger partial charge in [-0.3, -0.25) is 4.79 Å². The molecule has 0 atom stereocenters. The number of furan rings is 1. The Hall–Kier alpha value is -3.23. The van der Waals surface area contributed by atoms with E-state index in [2.05, 4.69) is 32.2 Å². The zero-order valence-electron chi connectivity index (χ0n) is 18.0. The monoisotopic (exact) mass is 422 g/mol. The number of anilines is 1. The van der Waals surface area contributed by atoms with Crippen LogP contribution in [-0.2, 0) is 0 Å². The van der Waals surface area contributed by atoms with Crippen molar-refractivity contribution < 1.29 is 13.9 Å². The maximum atomic E-state index is 13.5. The van der Waals surface area contributed by atoms with Gasteiger partial charge in [0.1, 0.15) is 17.9 Å². The van der Waals surface area contributed by atoms with Gasteiger partial charge in [0.05, 0.1) is 18.1 Å². The van der Waals surface area contributed by atoms with Crippen LogP contribution in [0.4, 0.5) is 5.82 Å². The minimum atomic E-state index is -0.0283. The number of carbonyl (C=O) groups excluding carboxylic acids is 1. The van der Waals surface area contributed by atoms with Crippen molar-refractivity contribution in [1.82, 2.24) is 24.8 Å². The van der Waals surface area contributed by atoms with Crippen LogP contribution in [0, 0.1) is 6.92 Å². The summed E-state index contributed by atoms with van der Waals surface area (Å²) in [6, 6.07) is 0.366. The SMILES string of the molecule is COc1ncc(C2CCN(C(=O)c3c(C)oc4ncnc(NC5(C)CC5)c34)CC2)cn1. The second kappa shape index (κ2) is 7.47. The Balaban J connectivity index is 1.36. The smallest absolute Gasteiger partial charge is 0.316 e. The van der Waals surface area contributed by atoms with Crippen LogP contribution in [0.2, 0.25) is 0 Å². The Kier molecular flexibility index (Phi) is 4.75. The summed E-state index contributed by atoms with van der Waals surface area (Å²) in [5, 5.41) is 4.16. The molecule has 5 rings (SSSR count). The standard InChI is InChI=1S/C22H26N6O3/c1-13-16(17-18(27-22(2)6-7-22)25-12-26-19(17)31-13)20(29)28-8-4-14(5-9-28)15-10-23-21(30-3)24-11-15/h10-12,14H,4-9H2,1-3H3,(H,25,26,27). The van der Waals surface area contributed by atoms with Gasteiger partial charge in [-0.25, -0.2) is 19.9 Å². The molecule has 9 nitrogen and oxygen atoms in total. The molecule has 1 saturated carbocycles. The fraction of sp³-hybridized carbons (Fsp3) is 0.500. The molecular weight excluding hydrogens is 396 g/mol. The molecule has 0 bridgehead atoms. The van der Waals surface area contributed by atoms with Gasteiger partial charge in [0, 0.05) is 31.0 Å². The molecule has 0 unspecified atom stereocenters. The Labute approximate surface area is 180 Å². The average Bonchev–Trinajstić information content (AvgIpc) is 3.41. The van der Waals surface area contributed by atoms with Crippen molar-refractivity contribution in [3.8, 4) is 6.01 Å². The Morgan fingerprint density at radius 3 is 2.55 bits per heavy atom. The lowest BCUT2D eigenvalue weighted by Crippen LogP contribution is -2.38. The number of likely N-dealkylation sites (tertiary alicyclic amines) is 1. The molecule has 9 heteroatoms. The summed E-state index contributed by atoms with van der Waals surface area (Å²) in [6.45, 7) is 5.30. The average molecular weight is 422 g/mol. The number of aromatic nitrogens is 4. The van der Waals surface area contributed by atoms with Gasteiger partial charge in [0.15, 0.2) is 0 Å². The van der Waals surface area contributed by atoms with Crippen molar-refractivity contribution in [1.29, 1.82) is 0 Å². The number of hydrogen-bond donors (Lipinski definition) is 1. The van der Waals surface area contributed by atoms with Crippen LogP contribution in [0.1, 0.15) is 60.2 Å². The first-order chi connectivity index (χ1) is 15.0. The van der Waals surface area contributed by atoms with Gasteiger partial charge in [0.25, 0.3) is 5.91 Å². The molecule has 1 N–H and O–H groups in total. The first-order valence-corrected chi connectivity index (χ1v) is 10.6. The van der Waals surface area contributed by atoms with Gasteiger partial charge in [-0.15, -0.1) is 0 Å². The highest BCUT2D eigenvalue weighted by atomic mass is 16.5. The van der Waals surface area contributed by atoms with E-state index in [1.54, 1.807) is 7.11 Å². The summed E-state index contributed by atoms with van der Waals surface area (Å²) in [6.07, 6.45) is 9.00. The Morgan fingerprint density at radius 1 is 1.19 bits per heavy atom. The van der Waals surface area contributed by atoms with Gasteiger partial charge in [-0.05, 0) is 51.0 Å². The maximum absolute atomic E-state index is 13.5. The minimum Gasteiger partial charge on any atom is -0.467 e. The van der Waals surface area contributed by atoms with Gasteiger partial charge in [-0.2, -0.15) is 0 Å². The number of hydrogen-bond acceptors (Lipinski definition) is 8. The van der Waals surface area contributed by atoms with Crippen LogP contribution in [0.5, 0.6) is 6.01 Å². The van der Waals surface area contributed by atoms with Crippen molar-refractivity contribution in [2.45, 2.75) is 51.0 Å². The van der Waals surface area contributed by atoms with Crippen LogP contribution in [0.25, 0.3) is 11.1 Å². The second-order valence-electron chi connectivity index (χ2n) is 8.69. The zero-order chi connectivity index (χ0) is 21.6. The molecule has 31 heavy (non-hydrogen) atoms. The number of carbonyl (C=O) groups is 1. The quantitative estimate of drug-likeness (QED) is 0.667. The molecule has 1 amide bonds. The molecule has 0 spiro atoms. The summed E-state index contributed by atoms with van der Waals surface area (Å²) in [4.78, 5) is 32.5. The van der Waals surface area contributed by atoms with Crippen molar-refractivity contribution in [3.05, 3.63) is 35.6 Å². The van der Waals surface area contributed by atoms with Gasteiger partial charge < -0.3 is 19.4 Å². The van der Waals surface area contributed by atoms with Crippen LogP contribution in [-0.4, -0.2) is 56.5 Å². The Morgan fingerprint density at radius 2 is 1.90 bits per heavy atom. The Bertz CT molecular complexity index is 1110. The van der Waals surface area contributed by atoms with Crippen LogP contribution < -0.4 is 10.1 Å². The van der Waals surface area contributed by atoms with E-state index in [9.17, 15) is 4.79 Å². The molecule has 3 aromatic heterocycles. The molecule has 1 saturated heterocycles.